The zero-order valence-corrected chi connectivity index (χ0v) is 13.1. The number of hydrogen-bond donors (Lipinski definition) is 2. The first-order valence-electron chi connectivity index (χ1n) is 5.19. The van der Waals surface area contributed by atoms with Crippen LogP contribution in [0.15, 0.2) is 4.99 Å². The SMILES string of the molecule is CSCCCCNC(N)=NCC(C)C.I. The number of nitrogens with two attached hydrogens (primary N) is 1. The lowest BCUT2D eigenvalue weighted by Crippen LogP contribution is -2.32. The summed E-state index contributed by atoms with van der Waals surface area (Å²) in [6.07, 6.45) is 4.54. The lowest BCUT2D eigenvalue weighted by atomic mass is 10.2. The van der Waals surface area contributed by atoms with Gasteiger partial charge in [-0.2, -0.15) is 11.8 Å². The molecular formula is C10H24IN3S. The highest BCUT2D eigenvalue weighted by Crippen LogP contribution is 1.97. The van der Waals surface area contributed by atoms with Gasteiger partial charge in [-0.15, -0.1) is 24.0 Å². The van der Waals surface area contributed by atoms with E-state index in [1.807, 2.05) is 11.8 Å². The molecule has 0 unspecified atom stereocenters. The second-order valence-corrected chi connectivity index (χ2v) is 4.73. The normalized spacial score (nSPS) is 11.3. The van der Waals surface area contributed by atoms with Crippen LogP contribution in [0.4, 0.5) is 0 Å². The van der Waals surface area contributed by atoms with Crippen LogP contribution in [-0.4, -0.2) is 31.1 Å². The molecule has 0 fully saturated rings. The second-order valence-electron chi connectivity index (χ2n) is 3.75. The van der Waals surface area contributed by atoms with Crippen molar-refractivity contribution in [3.63, 3.8) is 0 Å². The molecule has 0 aromatic carbocycles. The molecule has 0 saturated carbocycles. The monoisotopic (exact) mass is 345 g/mol. The Morgan fingerprint density at radius 3 is 2.60 bits per heavy atom. The van der Waals surface area contributed by atoms with Gasteiger partial charge < -0.3 is 11.1 Å². The number of nitrogens with one attached hydrogen (secondary N) is 1. The van der Waals surface area contributed by atoms with Crippen LogP contribution in [0.25, 0.3) is 0 Å². The van der Waals surface area contributed by atoms with Gasteiger partial charge in [0.1, 0.15) is 0 Å². The van der Waals surface area contributed by atoms with Crippen molar-refractivity contribution in [2.24, 2.45) is 16.6 Å². The van der Waals surface area contributed by atoms with Gasteiger partial charge in [0, 0.05) is 13.1 Å². The first-order valence-corrected chi connectivity index (χ1v) is 6.59. The Morgan fingerprint density at radius 2 is 2.07 bits per heavy atom. The summed E-state index contributed by atoms with van der Waals surface area (Å²) in [5, 5.41) is 3.12. The van der Waals surface area contributed by atoms with Gasteiger partial charge >= 0.3 is 0 Å². The molecule has 0 aromatic rings. The maximum atomic E-state index is 5.67. The van der Waals surface area contributed by atoms with Crippen LogP contribution in [0.2, 0.25) is 0 Å². The molecule has 0 atom stereocenters. The fourth-order valence-corrected chi connectivity index (χ4v) is 1.42. The first kappa shape index (κ1) is 17.7. The molecule has 3 nitrogen and oxygen atoms in total. The minimum Gasteiger partial charge on any atom is -0.370 e. The summed E-state index contributed by atoms with van der Waals surface area (Å²) in [5.74, 6) is 2.39. The van der Waals surface area contributed by atoms with E-state index in [0.717, 1.165) is 13.1 Å². The predicted octanol–water partition coefficient (Wildman–Crippen LogP) is 2.31. The Morgan fingerprint density at radius 1 is 1.40 bits per heavy atom. The summed E-state index contributed by atoms with van der Waals surface area (Å²) in [4.78, 5) is 4.22. The van der Waals surface area contributed by atoms with Crippen molar-refractivity contribution < 1.29 is 0 Å². The topological polar surface area (TPSA) is 50.4 Å². The standard InChI is InChI=1S/C10H23N3S.HI/c1-9(2)8-13-10(11)12-6-4-5-7-14-3;/h9H,4-8H2,1-3H3,(H3,11,12,13);1H. The Labute approximate surface area is 115 Å². The highest BCUT2D eigenvalue weighted by molar-refractivity contribution is 14.0. The molecule has 0 aliphatic carbocycles. The highest BCUT2D eigenvalue weighted by Gasteiger charge is 1.93. The molecule has 5 heteroatoms. The molecule has 0 saturated heterocycles. The van der Waals surface area contributed by atoms with E-state index < -0.39 is 0 Å². The van der Waals surface area contributed by atoms with Crippen molar-refractivity contribution in [2.75, 3.05) is 25.1 Å². The maximum Gasteiger partial charge on any atom is 0.188 e. The van der Waals surface area contributed by atoms with Gasteiger partial charge in [0.25, 0.3) is 0 Å². The van der Waals surface area contributed by atoms with E-state index in [2.05, 4.69) is 30.4 Å². The predicted molar refractivity (Wildman–Crippen MR) is 82.4 cm³/mol. The number of halogens is 1. The van der Waals surface area contributed by atoms with Crippen LogP contribution in [0, 0.1) is 5.92 Å². The average molecular weight is 345 g/mol. The van der Waals surface area contributed by atoms with Crippen LogP contribution in [0.5, 0.6) is 0 Å². The lowest BCUT2D eigenvalue weighted by molar-refractivity contribution is 0.659. The fraction of sp³-hybridized carbons (Fsp3) is 0.900. The van der Waals surface area contributed by atoms with Crippen molar-refractivity contribution in [3.05, 3.63) is 0 Å². The van der Waals surface area contributed by atoms with E-state index in [1.165, 1.54) is 18.6 Å². The molecule has 0 aromatic heterocycles. The Bertz CT molecular complexity index is 163. The molecule has 0 amide bonds. The zero-order chi connectivity index (χ0) is 10.8. The van der Waals surface area contributed by atoms with Crippen molar-refractivity contribution in [2.45, 2.75) is 26.7 Å². The third kappa shape index (κ3) is 14.4. The van der Waals surface area contributed by atoms with Gasteiger partial charge in [-0.05, 0) is 30.8 Å². The number of nitrogens with zero attached hydrogens (tertiary/aromatic N) is 1. The zero-order valence-electron chi connectivity index (χ0n) is 9.95. The molecule has 0 radical (unpaired) electrons. The molecule has 0 bridgehead atoms. The third-order valence-electron chi connectivity index (χ3n) is 1.71. The summed E-state index contributed by atoms with van der Waals surface area (Å²) in [7, 11) is 0. The number of unbranched alkanes of at least 4 members (excludes halogenated alkanes) is 1. The third-order valence-corrected chi connectivity index (χ3v) is 2.41. The van der Waals surface area contributed by atoms with Crippen LogP contribution < -0.4 is 11.1 Å². The fourth-order valence-electron chi connectivity index (χ4n) is 0.925. The largest absolute Gasteiger partial charge is 0.370 e. The van der Waals surface area contributed by atoms with Crippen molar-refractivity contribution >= 4 is 41.7 Å². The second kappa shape index (κ2) is 12.4. The van der Waals surface area contributed by atoms with Crippen molar-refractivity contribution in [3.8, 4) is 0 Å². The number of guanidine groups is 1. The molecule has 0 rings (SSSR count). The van der Waals surface area contributed by atoms with E-state index >= 15 is 0 Å². The molecule has 0 aliphatic rings. The molecule has 15 heavy (non-hydrogen) atoms. The number of thioether (sulfide) groups is 1. The van der Waals surface area contributed by atoms with Gasteiger partial charge in [0.05, 0.1) is 0 Å². The van der Waals surface area contributed by atoms with E-state index in [9.17, 15) is 0 Å². The van der Waals surface area contributed by atoms with Gasteiger partial charge in [0.15, 0.2) is 5.96 Å². The van der Waals surface area contributed by atoms with Crippen LogP contribution in [-0.2, 0) is 0 Å². The van der Waals surface area contributed by atoms with Crippen LogP contribution in [0.1, 0.15) is 26.7 Å². The Kier molecular flexibility index (Phi) is 14.7. The van der Waals surface area contributed by atoms with Crippen molar-refractivity contribution in [1.29, 1.82) is 0 Å². The van der Waals surface area contributed by atoms with E-state index in [1.54, 1.807) is 0 Å². The van der Waals surface area contributed by atoms with Gasteiger partial charge in [-0.1, -0.05) is 13.8 Å². The van der Waals surface area contributed by atoms with E-state index in [4.69, 9.17) is 5.73 Å². The quantitative estimate of drug-likeness (QED) is 0.322. The average Bonchev–Trinajstić information content (AvgIpc) is 2.14. The number of hydrogen-bond acceptors (Lipinski definition) is 2. The molecule has 3 N–H and O–H groups in total. The van der Waals surface area contributed by atoms with E-state index in [0.29, 0.717) is 11.9 Å². The summed E-state index contributed by atoms with van der Waals surface area (Å²) in [5.41, 5.74) is 5.67. The van der Waals surface area contributed by atoms with Gasteiger partial charge in [0.2, 0.25) is 0 Å². The number of aliphatic imine (C=N–C) groups is 1. The van der Waals surface area contributed by atoms with Crippen LogP contribution >= 0.6 is 35.7 Å². The summed E-state index contributed by atoms with van der Waals surface area (Å²) < 4.78 is 0. The first-order chi connectivity index (χ1) is 6.66. The Balaban J connectivity index is 0. The summed E-state index contributed by atoms with van der Waals surface area (Å²) in [6.45, 7) is 6.02. The summed E-state index contributed by atoms with van der Waals surface area (Å²) in [6, 6.07) is 0. The maximum absolute atomic E-state index is 5.67. The van der Waals surface area contributed by atoms with E-state index in [-0.39, 0.29) is 24.0 Å². The van der Waals surface area contributed by atoms with Gasteiger partial charge in [-0.25, -0.2) is 0 Å². The molecular weight excluding hydrogens is 321 g/mol. The minimum atomic E-state index is 0. The number of rotatable bonds is 7. The highest BCUT2D eigenvalue weighted by atomic mass is 127. The molecule has 92 valence electrons. The smallest absolute Gasteiger partial charge is 0.188 e. The lowest BCUT2D eigenvalue weighted by Gasteiger charge is -2.05. The minimum absolute atomic E-state index is 0. The molecule has 0 spiro atoms. The molecule has 0 heterocycles. The Hall–Kier alpha value is 0.350. The molecule has 0 aliphatic heterocycles. The van der Waals surface area contributed by atoms with Crippen molar-refractivity contribution in [1.82, 2.24) is 5.32 Å². The van der Waals surface area contributed by atoms with Crippen LogP contribution in [0.3, 0.4) is 0 Å². The van der Waals surface area contributed by atoms with Gasteiger partial charge in [-0.3, -0.25) is 4.99 Å². The summed E-state index contributed by atoms with van der Waals surface area (Å²) >= 11 is 1.89.